The maximum absolute atomic E-state index is 3.59. The molecule has 0 saturated heterocycles. The molecule has 30 heavy (non-hydrogen) atoms. The van der Waals surface area contributed by atoms with Gasteiger partial charge in [0.2, 0.25) is 0 Å². The van der Waals surface area contributed by atoms with Crippen LogP contribution in [0.15, 0.2) is 76.7 Å². The quantitative estimate of drug-likeness (QED) is 0.251. The predicted molar refractivity (Wildman–Crippen MR) is 128 cm³/mol. The minimum Gasteiger partial charge on any atom is -1.00 e. The van der Waals surface area contributed by atoms with Gasteiger partial charge in [-0.15, -0.1) is 45.1 Å². The molecule has 0 unspecified atom stereocenters. The van der Waals surface area contributed by atoms with Crippen molar-refractivity contribution in [2.24, 2.45) is 0 Å². The van der Waals surface area contributed by atoms with Crippen LogP contribution in [0.2, 0.25) is 0 Å². The Morgan fingerprint density at radius 1 is 0.667 bits per heavy atom. The number of hydrogen-bond donors (Lipinski definition) is 0. The summed E-state index contributed by atoms with van der Waals surface area (Å²) in [5.74, 6) is 0. The first-order chi connectivity index (χ1) is 13.2. The van der Waals surface area contributed by atoms with Crippen molar-refractivity contribution >= 4 is 87.8 Å². The summed E-state index contributed by atoms with van der Waals surface area (Å²) in [6, 6.07) is 17.8. The van der Waals surface area contributed by atoms with Crippen molar-refractivity contribution in [3.63, 3.8) is 0 Å². The molecule has 2 heterocycles. The van der Waals surface area contributed by atoms with Crippen LogP contribution in [0.1, 0.15) is 0 Å². The number of halogens is 4. The average molecular weight is 692 g/mol. The van der Waals surface area contributed by atoms with Gasteiger partial charge in [0.05, 0.1) is 0 Å². The Bertz CT molecular complexity index is 1290. The molecule has 2 aromatic rings. The fraction of sp³-hybridized carbons (Fsp3) is 0. The van der Waals surface area contributed by atoms with E-state index in [1.807, 2.05) is 34.4 Å². The molecule has 8 heteroatoms. The summed E-state index contributed by atoms with van der Waals surface area (Å²) < 4.78 is 5.04. The molecule has 0 fully saturated rings. The Labute approximate surface area is 235 Å². The van der Waals surface area contributed by atoms with Crippen LogP contribution in [0.4, 0.5) is 0 Å². The van der Waals surface area contributed by atoms with Crippen LogP contribution in [0.25, 0.3) is 43.8 Å². The first-order valence-corrected chi connectivity index (χ1v) is 12.5. The second kappa shape index (κ2) is 9.69. The molecule has 2 aromatic carbocycles. The fourth-order valence-corrected chi connectivity index (χ4v) is 8.23. The molecular formula is C22H10Br2Cl2S3Zr. The van der Waals surface area contributed by atoms with Gasteiger partial charge in [-0.3, -0.25) is 0 Å². The number of fused-ring (bicyclic) bond motifs is 6. The Balaban J connectivity index is 0.000000853. The molecule has 2 aliphatic heterocycles. The van der Waals surface area contributed by atoms with Gasteiger partial charge in [0.1, 0.15) is 0 Å². The largest absolute Gasteiger partial charge is 4.00 e. The zero-order chi connectivity index (χ0) is 18.1. The normalized spacial score (nSPS) is 11.0. The van der Waals surface area contributed by atoms with Crippen LogP contribution in [0, 0.1) is 0 Å². The zero-order valence-electron chi connectivity index (χ0n) is 15.0. The molecule has 4 aliphatic rings. The predicted octanol–water partition coefficient (Wildman–Crippen LogP) is 3.45. The smallest absolute Gasteiger partial charge is 1.00 e. The molecule has 0 amide bonds. The molecule has 0 radical (unpaired) electrons. The summed E-state index contributed by atoms with van der Waals surface area (Å²) in [4.78, 5) is 0. The standard InChI is InChI=1S/C22H10Br2S3.2ClH.Zr/c23-15-1-3-17-11(7-15)5-13-9-25-21(19(13)17)27-22-20-14(10-26-22)6-12-8-16(24)2-4-18(12)20;;;/h1-10H;2*1H;/q-2;;;+4/p-2. The van der Waals surface area contributed by atoms with Gasteiger partial charge in [0.25, 0.3) is 0 Å². The van der Waals surface area contributed by atoms with Crippen molar-refractivity contribution in [1.29, 1.82) is 0 Å². The van der Waals surface area contributed by atoms with Crippen LogP contribution in [-0.4, -0.2) is 0 Å². The van der Waals surface area contributed by atoms with Gasteiger partial charge >= 0.3 is 26.2 Å². The van der Waals surface area contributed by atoms with Crippen molar-refractivity contribution in [2.45, 2.75) is 8.42 Å². The van der Waals surface area contributed by atoms with Crippen molar-refractivity contribution < 1.29 is 51.0 Å². The van der Waals surface area contributed by atoms with Crippen molar-refractivity contribution in [1.82, 2.24) is 0 Å². The van der Waals surface area contributed by atoms with Gasteiger partial charge in [-0.05, 0) is 8.42 Å². The van der Waals surface area contributed by atoms with Gasteiger partial charge in [0, 0.05) is 8.95 Å². The number of hydrogen-bond acceptors (Lipinski definition) is 3. The summed E-state index contributed by atoms with van der Waals surface area (Å²) >= 11 is 12.8. The van der Waals surface area contributed by atoms with E-state index in [1.54, 1.807) is 0 Å². The Hall–Kier alpha value is 0.353. The van der Waals surface area contributed by atoms with Gasteiger partial charge in [-0.2, -0.15) is 11.8 Å². The van der Waals surface area contributed by atoms with E-state index in [0.717, 1.165) is 8.95 Å². The number of rotatable bonds is 2. The Kier molecular flexibility index (Phi) is 8.07. The van der Waals surface area contributed by atoms with Crippen LogP contribution >= 0.6 is 66.3 Å². The average Bonchev–Trinajstić information content (AvgIpc) is 3.36. The van der Waals surface area contributed by atoms with Crippen LogP contribution in [0.5, 0.6) is 0 Å². The molecule has 2 aliphatic carbocycles. The fourth-order valence-electron chi connectivity index (χ4n) is 3.78. The Morgan fingerprint density at radius 3 is 1.53 bits per heavy atom. The summed E-state index contributed by atoms with van der Waals surface area (Å²) in [7, 11) is 0. The van der Waals surface area contributed by atoms with Gasteiger partial charge in [-0.25, -0.2) is 22.7 Å². The van der Waals surface area contributed by atoms with E-state index < -0.39 is 0 Å². The van der Waals surface area contributed by atoms with Gasteiger partial charge < -0.3 is 24.8 Å². The second-order valence-electron chi connectivity index (χ2n) is 6.56. The van der Waals surface area contributed by atoms with Gasteiger partial charge in [-0.1, -0.05) is 89.8 Å². The molecule has 0 bridgehead atoms. The van der Waals surface area contributed by atoms with Crippen LogP contribution in [0.3, 0.4) is 0 Å². The third-order valence-corrected chi connectivity index (χ3v) is 9.37. The van der Waals surface area contributed by atoms with E-state index in [0.29, 0.717) is 0 Å². The van der Waals surface area contributed by atoms with E-state index in [-0.39, 0.29) is 51.0 Å². The maximum Gasteiger partial charge on any atom is 4.00 e. The van der Waals surface area contributed by atoms with E-state index in [1.165, 1.54) is 52.2 Å². The van der Waals surface area contributed by atoms with E-state index in [4.69, 9.17) is 0 Å². The van der Waals surface area contributed by atoms with Crippen molar-refractivity contribution in [3.8, 4) is 22.3 Å². The molecule has 6 rings (SSSR count). The van der Waals surface area contributed by atoms with Crippen molar-refractivity contribution in [2.75, 3.05) is 0 Å². The molecule has 0 aromatic heterocycles. The minimum absolute atomic E-state index is 0. The topological polar surface area (TPSA) is 0 Å². The summed E-state index contributed by atoms with van der Waals surface area (Å²) in [6.45, 7) is 0. The van der Waals surface area contributed by atoms with E-state index in [2.05, 4.69) is 91.2 Å². The summed E-state index contributed by atoms with van der Waals surface area (Å²) in [6.07, 6.45) is 0. The molecule has 0 atom stereocenters. The SMILES string of the molecule is Brc1ccc2c3[c-](S[c-]4scc5cc6cc(Br)ccc6c4-5)scc-3cc2c1.[Cl-].[Cl-].[Zr+4]. The van der Waals surface area contributed by atoms with Gasteiger partial charge in [0.15, 0.2) is 0 Å². The first kappa shape index (κ1) is 25.0. The van der Waals surface area contributed by atoms with Crippen LogP contribution in [-0.2, 0) is 26.2 Å². The zero-order valence-corrected chi connectivity index (χ0v) is 24.6. The third-order valence-electron chi connectivity index (χ3n) is 4.94. The molecule has 0 nitrogen and oxygen atoms in total. The number of benzene rings is 2. The van der Waals surface area contributed by atoms with Crippen LogP contribution < -0.4 is 24.8 Å². The first-order valence-electron chi connectivity index (χ1n) is 8.37. The molecule has 148 valence electrons. The maximum atomic E-state index is 3.59. The van der Waals surface area contributed by atoms with E-state index in [9.17, 15) is 0 Å². The molecular weight excluding hydrogens is 682 g/mol. The number of thiophene rings is 2. The minimum atomic E-state index is 0. The summed E-state index contributed by atoms with van der Waals surface area (Å²) in [5.41, 5.74) is 5.49. The third kappa shape index (κ3) is 4.05. The Morgan fingerprint density at radius 2 is 1.10 bits per heavy atom. The molecule has 0 spiro atoms. The monoisotopic (exact) mass is 688 g/mol. The van der Waals surface area contributed by atoms with Crippen molar-refractivity contribution in [3.05, 3.63) is 68.2 Å². The summed E-state index contributed by atoms with van der Waals surface area (Å²) in [5, 5.41) is 9.89. The van der Waals surface area contributed by atoms with E-state index >= 15 is 0 Å². The molecule has 0 saturated carbocycles. The molecule has 0 N–H and O–H groups in total. The second-order valence-corrected chi connectivity index (χ2v) is 11.7.